The molecule has 0 aliphatic carbocycles. The highest BCUT2D eigenvalue weighted by Crippen LogP contribution is 2.24. The number of thiophene rings is 1. The van der Waals surface area contributed by atoms with Crippen molar-refractivity contribution in [1.82, 2.24) is 10.3 Å². The molecule has 0 spiro atoms. The Hall–Kier alpha value is -1.40. The van der Waals surface area contributed by atoms with Gasteiger partial charge in [0.25, 0.3) is 0 Å². The smallest absolute Gasteiger partial charge is 0.189 e. The number of hydrogen-bond donors (Lipinski definition) is 2. The fourth-order valence-electron chi connectivity index (χ4n) is 1.71. The molecule has 4 nitrogen and oxygen atoms in total. The number of aliphatic imine (C=N–C) groups is 1. The quantitative estimate of drug-likeness (QED) is 0.656. The van der Waals surface area contributed by atoms with Gasteiger partial charge < -0.3 is 11.1 Å². The van der Waals surface area contributed by atoms with Crippen LogP contribution in [0.5, 0.6) is 0 Å². The van der Waals surface area contributed by atoms with Gasteiger partial charge in [0.2, 0.25) is 0 Å². The fourth-order valence-corrected chi connectivity index (χ4v) is 3.36. The van der Waals surface area contributed by atoms with E-state index in [4.69, 9.17) is 5.73 Å². The molecular formula is C15H22N4S2. The number of nitrogens with one attached hydrogen (secondary N) is 1. The van der Waals surface area contributed by atoms with Gasteiger partial charge in [0.05, 0.1) is 12.2 Å². The predicted octanol–water partition coefficient (Wildman–Crippen LogP) is 3.15. The molecule has 21 heavy (non-hydrogen) atoms. The Kier molecular flexibility index (Phi) is 5.36. The molecular weight excluding hydrogens is 300 g/mol. The average molecular weight is 323 g/mol. The summed E-state index contributed by atoms with van der Waals surface area (Å²) < 4.78 is 0. The van der Waals surface area contributed by atoms with E-state index in [1.165, 1.54) is 4.88 Å². The second kappa shape index (κ2) is 7.04. The number of aromatic nitrogens is 1. The summed E-state index contributed by atoms with van der Waals surface area (Å²) in [7, 11) is 0. The van der Waals surface area contributed by atoms with Crippen LogP contribution in [-0.2, 0) is 18.4 Å². The lowest BCUT2D eigenvalue weighted by Crippen LogP contribution is -2.33. The summed E-state index contributed by atoms with van der Waals surface area (Å²) in [5, 5.41) is 8.33. The van der Waals surface area contributed by atoms with E-state index in [-0.39, 0.29) is 5.41 Å². The van der Waals surface area contributed by atoms with Gasteiger partial charge in [-0.2, -0.15) is 0 Å². The van der Waals surface area contributed by atoms with Crippen LogP contribution in [0.15, 0.2) is 27.9 Å². The zero-order valence-corrected chi connectivity index (χ0v) is 14.4. The van der Waals surface area contributed by atoms with Crippen molar-refractivity contribution in [2.45, 2.75) is 39.2 Å². The van der Waals surface area contributed by atoms with Crippen LogP contribution in [0.1, 0.15) is 36.3 Å². The normalized spacial score (nSPS) is 12.6. The third-order valence-electron chi connectivity index (χ3n) is 2.96. The molecule has 114 valence electrons. The van der Waals surface area contributed by atoms with Crippen LogP contribution in [0.4, 0.5) is 0 Å². The van der Waals surface area contributed by atoms with Gasteiger partial charge in [0, 0.05) is 22.2 Å². The maximum Gasteiger partial charge on any atom is 0.189 e. The summed E-state index contributed by atoms with van der Waals surface area (Å²) in [6.07, 6.45) is 0.972. The van der Waals surface area contributed by atoms with Crippen LogP contribution in [0.25, 0.3) is 0 Å². The molecule has 0 aliphatic rings. The van der Waals surface area contributed by atoms with Gasteiger partial charge in [-0.3, -0.25) is 0 Å². The van der Waals surface area contributed by atoms with Crippen molar-refractivity contribution < 1.29 is 0 Å². The third kappa shape index (κ3) is 5.13. The molecule has 0 radical (unpaired) electrons. The summed E-state index contributed by atoms with van der Waals surface area (Å²) >= 11 is 3.40. The molecule has 0 aliphatic heterocycles. The SMILES string of the molecule is CC(C)(C)c1csc(CN=C(N)NCCc2cccs2)n1. The highest BCUT2D eigenvalue weighted by atomic mass is 32.1. The van der Waals surface area contributed by atoms with E-state index >= 15 is 0 Å². The zero-order chi connectivity index (χ0) is 15.3. The maximum atomic E-state index is 5.87. The first kappa shape index (κ1) is 16.0. The van der Waals surface area contributed by atoms with Crippen molar-refractivity contribution >= 4 is 28.6 Å². The summed E-state index contributed by atoms with van der Waals surface area (Å²) in [6.45, 7) is 7.83. The van der Waals surface area contributed by atoms with Gasteiger partial charge in [-0.15, -0.1) is 22.7 Å². The van der Waals surface area contributed by atoms with Crippen molar-refractivity contribution in [1.29, 1.82) is 0 Å². The number of thiazole rings is 1. The van der Waals surface area contributed by atoms with E-state index < -0.39 is 0 Å². The second-order valence-corrected chi connectivity index (χ2v) is 7.81. The first-order chi connectivity index (χ1) is 9.95. The molecule has 0 aromatic carbocycles. The van der Waals surface area contributed by atoms with Gasteiger partial charge in [0.15, 0.2) is 5.96 Å². The van der Waals surface area contributed by atoms with Crippen LogP contribution >= 0.6 is 22.7 Å². The topological polar surface area (TPSA) is 63.3 Å². The standard InChI is InChI=1S/C15H22N4S2/c1-15(2,3)12-10-21-13(19-12)9-18-14(16)17-7-6-11-5-4-8-20-11/h4-5,8,10H,6-7,9H2,1-3H3,(H3,16,17,18). The molecule has 0 saturated carbocycles. The first-order valence-electron chi connectivity index (χ1n) is 6.96. The van der Waals surface area contributed by atoms with Gasteiger partial charge >= 0.3 is 0 Å². The highest BCUT2D eigenvalue weighted by molar-refractivity contribution is 7.10. The predicted molar refractivity (Wildman–Crippen MR) is 92.2 cm³/mol. The number of nitrogens with two attached hydrogens (primary N) is 1. The summed E-state index contributed by atoms with van der Waals surface area (Å²) in [5.41, 5.74) is 7.07. The van der Waals surface area contributed by atoms with Crippen LogP contribution in [0.2, 0.25) is 0 Å². The van der Waals surface area contributed by atoms with Crippen molar-refractivity contribution in [3.63, 3.8) is 0 Å². The van der Waals surface area contributed by atoms with Crippen molar-refractivity contribution in [3.05, 3.63) is 38.5 Å². The lowest BCUT2D eigenvalue weighted by molar-refractivity contribution is 0.571. The van der Waals surface area contributed by atoms with Crippen LogP contribution in [0, 0.1) is 0 Å². The monoisotopic (exact) mass is 322 g/mol. The maximum absolute atomic E-state index is 5.87. The molecule has 0 saturated heterocycles. The molecule has 0 atom stereocenters. The van der Waals surface area contributed by atoms with Gasteiger partial charge in [-0.25, -0.2) is 9.98 Å². The third-order valence-corrected chi connectivity index (χ3v) is 4.73. The molecule has 2 aromatic heterocycles. The lowest BCUT2D eigenvalue weighted by Gasteiger charge is -2.14. The summed E-state index contributed by atoms with van der Waals surface area (Å²) in [4.78, 5) is 10.3. The van der Waals surface area contributed by atoms with E-state index in [1.807, 2.05) is 0 Å². The molecule has 3 N–H and O–H groups in total. The van der Waals surface area contributed by atoms with Crippen molar-refractivity contribution in [3.8, 4) is 0 Å². The number of rotatable bonds is 5. The first-order valence-corrected chi connectivity index (χ1v) is 8.72. The Labute approximate surface area is 134 Å². The summed E-state index contributed by atoms with van der Waals surface area (Å²) in [5.74, 6) is 0.485. The summed E-state index contributed by atoms with van der Waals surface area (Å²) in [6, 6.07) is 4.19. The fraction of sp³-hybridized carbons (Fsp3) is 0.467. The van der Waals surface area contributed by atoms with Gasteiger partial charge in [-0.05, 0) is 17.9 Å². The Morgan fingerprint density at radius 2 is 2.19 bits per heavy atom. The molecule has 2 aromatic rings. The molecule has 2 heterocycles. The Balaban J connectivity index is 1.79. The number of nitrogens with zero attached hydrogens (tertiary/aromatic N) is 2. The van der Waals surface area contributed by atoms with Crippen LogP contribution < -0.4 is 11.1 Å². The van der Waals surface area contributed by atoms with Crippen molar-refractivity contribution in [2.75, 3.05) is 6.54 Å². The van der Waals surface area contributed by atoms with E-state index in [9.17, 15) is 0 Å². The van der Waals surface area contributed by atoms with Gasteiger partial charge in [-0.1, -0.05) is 26.8 Å². The number of hydrogen-bond acceptors (Lipinski definition) is 4. The van der Waals surface area contributed by atoms with Gasteiger partial charge in [0.1, 0.15) is 5.01 Å². The van der Waals surface area contributed by atoms with E-state index in [2.05, 4.69) is 59.0 Å². The minimum Gasteiger partial charge on any atom is -0.370 e. The van der Waals surface area contributed by atoms with E-state index in [1.54, 1.807) is 22.7 Å². The average Bonchev–Trinajstić information content (AvgIpc) is 3.06. The molecule has 0 unspecified atom stereocenters. The Morgan fingerprint density at radius 3 is 2.81 bits per heavy atom. The molecule has 6 heteroatoms. The minimum absolute atomic E-state index is 0.0863. The van der Waals surface area contributed by atoms with E-state index in [0.717, 1.165) is 23.7 Å². The van der Waals surface area contributed by atoms with Crippen molar-refractivity contribution in [2.24, 2.45) is 10.7 Å². The Bertz CT molecular complexity index is 579. The van der Waals surface area contributed by atoms with Crippen LogP contribution in [0.3, 0.4) is 0 Å². The Morgan fingerprint density at radius 1 is 1.38 bits per heavy atom. The molecule has 0 bridgehead atoms. The molecule has 2 rings (SSSR count). The van der Waals surface area contributed by atoms with Crippen LogP contribution in [-0.4, -0.2) is 17.5 Å². The minimum atomic E-state index is 0.0863. The highest BCUT2D eigenvalue weighted by Gasteiger charge is 2.17. The lowest BCUT2D eigenvalue weighted by atomic mass is 9.93. The molecule has 0 fully saturated rings. The van der Waals surface area contributed by atoms with E-state index in [0.29, 0.717) is 12.5 Å². The second-order valence-electron chi connectivity index (χ2n) is 5.83. The number of guanidine groups is 1. The molecule has 0 amide bonds. The largest absolute Gasteiger partial charge is 0.370 e. The zero-order valence-electron chi connectivity index (χ0n) is 12.7.